The van der Waals surface area contributed by atoms with E-state index in [-0.39, 0.29) is 17.5 Å². The lowest BCUT2D eigenvalue weighted by atomic mass is 10.2. The standard InChI is InChI=1S/C12H17N3O3/c1-9(2)12(16)14-8-7-13-10-3-5-11(6-4-10)15(17)18/h3-6,9,13H,7-8H2,1-2H3,(H,14,16). The van der Waals surface area contributed by atoms with Gasteiger partial charge in [0.15, 0.2) is 0 Å². The van der Waals surface area contributed by atoms with E-state index in [9.17, 15) is 14.9 Å². The molecule has 1 aromatic rings. The Balaban J connectivity index is 2.31. The summed E-state index contributed by atoms with van der Waals surface area (Å²) in [5.74, 6) is -0.00938. The minimum Gasteiger partial charge on any atom is -0.383 e. The Labute approximate surface area is 106 Å². The number of carbonyl (C=O) groups is 1. The summed E-state index contributed by atoms with van der Waals surface area (Å²) in [6, 6.07) is 6.16. The summed E-state index contributed by atoms with van der Waals surface area (Å²) >= 11 is 0. The molecule has 6 heteroatoms. The fourth-order valence-corrected chi connectivity index (χ4v) is 1.30. The van der Waals surface area contributed by atoms with Gasteiger partial charge in [-0.2, -0.15) is 0 Å². The van der Waals surface area contributed by atoms with Gasteiger partial charge in [-0.25, -0.2) is 0 Å². The zero-order valence-electron chi connectivity index (χ0n) is 10.5. The number of hydrogen-bond donors (Lipinski definition) is 2. The molecular weight excluding hydrogens is 234 g/mol. The fraction of sp³-hybridized carbons (Fsp3) is 0.417. The Morgan fingerprint density at radius 2 is 1.89 bits per heavy atom. The molecule has 0 aliphatic rings. The van der Waals surface area contributed by atoms with Gasteiger partial charge < -0.3 is 10.6 Å². The van der Waals surface area contributed by atoms with Gasteiger partial charge in [-0.1, -0.05) is 13.8 Å². The van der Waals surface area contributed by atoms with E-state index in [1.807, 2.05) is 13.8 Å². The lowest BCUT2D eigenvalue weighted by Gasteiger charge is -2.09. The number of nitrogens with one attached hydrogen (secondary N) is 2. The summed E-state index contributed by atoms with van der Waals surface area (Å²) in [5.41, 5.74) is 0.855. The number of nitro benzene ring substituents is 1. The van der Waals surface area contributed by atoms with Crippen LogP contribution in [0.2, 0.25) is 0 Å². The highest BCUT2D eigenvalue weighted by molar-refractivity contribution is 5.77. The number of nitrogens with zero attached hydrogens (tertiary/aromatic N) is 1. The maximum absolute atomic E-state index is 11.3. The molecule has 98 valence electrons. The van der Waals surface area contributed by atoms with E-state index in [1.54, 1.807) is 12.1 Å². The molecule has 1 aromatic carbocycles. The lowest BCUT2D eigenvalue weighted by molar-refractivity contribution is -0.384. The molecular formula is C12H17N3O3. The number of hydrogen-bond acceptors (Lipinski definition) is 4. The zero-order chi connectivity index (χ0) is 13.5. The monoisotopic (exact) mass is 251 g/mol. The van der Waals surface area contributed by atoms with Crippen molar-refractivity contribution < 1.29 is 9.72 Å². The van der Waals surface area contributed by atoms with Crippen LogP contribution in [0.25, 0.3) is 0 Å². The highest BCUT2D eigenvalue weighted by atomic mass is 16.6. The molecule has 0 aliphatic carbocycles. The van der Waals surface area contributed by atoms with Gasteiger partial charge in [-0.05, 0) is 12.1 Å². The fourth-order valence-electron chi connectivity index (χ4n) is 1.30. The van der Waals surface area contributed by atoms with Crippen LogP contribution in [-0.2, 0) is 4.79 Å². The second-order valence-corrected chi connectivity index (χ2v) is 4.18. The van der Waals surface area contributed by atoms with E-state index in [2.05, 4.69) is 10.6 Å². The van der Waals surface area contributed by atoms with E-state index < -0.39 is 4.92 Å². The number of nitro groups is 1. The third-order valence-corrected chi connectivity index (χ3v) is 2.36. The first-order chi connectivity index (χ1) is 8.50. The molecule has 1 amide bonds. The van der Waals surface area contributed by atoms with E-state index in [0.29, 0.717) is 13.1 Å². The van der Waals surface area contributed by atoms with E-state index in [1.165, 1.54) is 12.1 Å². The summed E-state index contributed by atoms with van der Waals surface area (Å²) in [7, 11) is 0. The maximum Gasteiger partial charge on any atom is 0.269 e. The van der Waals surface area contributed by atoms with E-state index >= 15 is 0 Å². The van der Waals surface area contributed by atoms with E-state index in [4.69, 9.17) is 0 Å². The summed E-state index contributed by atoms with van der Waals surface area (Å²) in [6.07, 6.45) is 0. The predicted molar refractivity (Wildman–Crippen MR) is 69.4 cm³/mol. The van der Waals surface area contributed by atoms with Crippen LogP contribution in [-0.4, -0.2) is 23.9 Å². The van der Waals surface area contributed by atoms with Crippen molar-refractivity contribution in [3.05, 3.63) is 34.4 Å². The quantitative estimate of drug-likeness (QED) is 0.458. The molecule has 1 rings (SSSR count). The van der Waals surface area contributed by atoms with Crippen LogP contribution in [0, 0.1) is 16.0 Å². The molecule has 0 spiro atoms. The summed E-state index contributed by atoms with van der Waals surface area (Å²) in [4.78, 5) is 21.3. The van der Waals surface area contributed by atoms with Crippen molar-refractivity contribution in [1.82, 2.24) is 5.32 Å². The van der Waals surface area contributed by atoms with Crippen molar-refractivity contribution in [3.8, 4) is 0 Å². The molecule has 2 N–H and O–H groups in total. The first-order valence-electron chi connectivity index (χ1n) is 5.76. The molecule has 0 saturated carbocycles. The number of amides is 1. The average molecular weight is 251 g/mol. The van der Waals surface area contributed by atoms with Crippen LogP contribution in [0.3, 0.4) is 0 Å². The summed E-state index contributed by atoms with van der Waals surface area (Å²) in [5, 5.41) is 16.3. The van der Waals surface area contributed by atoms with Gasteiger partial charge in [0.25, 0.3) is 5.69 Å². The Kier molecular flexibility index (Phi) is 5.10. The smallest absolute Gasteiger partial charge is 0.269 e. The molecule has 0 bridgehead atoms. The number of anilines is 1. The number of carbonyl (C=O) groups excluding carboxylic acids is 1. The Bertz CT molecular complexity index is 415. The SMILES string of the molecule is CC(C)C(=O)NCCNc1ccc([N+](=O)[O-])cc1. The van der Waals surface area contributed by atoms with Crippen LogP contribution < -0.4 is 10.6 Å². The van der Waals surface area contributed by atoms with Gasteiger partial charge in [-0.3, -0.25) is 14.9 Å². The Morgan fingerprint density at radius 1 is 1.28 bits per heavy atom. The minimum atomic E-state index is -0.438. The summed E-state index contributed by atoms with van der Waals surface area (Å²) < 4.78 is 0. The molecule has 0 aromatic heterocycles. The average Bonchev–Trinajstić information content (AvgIpc) is 2.34. The van der Waals surface area contributed by atoms with Crippen molar-refractivity contribution >= 4 is 17.3 Å². The van der Waals surface area contributed by atoms with Crippen molar-refractivity contribution in [3.63, 3.8) is 0 Å². The van der Waals surface area contributed by atoms with Crippen LogP contribution in [0.5, 0.6) is 0 Å². The normalized spacial score (nSPS) is 10.2. The van der Waals surface area contributed by atoms with Gasteiger partial charge in [0.05, 0.1) is 4.92 Å². The second-order valence-electron chi connectivity index (χ2n) is 4.18. The first kappa shape index (κ1) is 14.0. The predicted octanol–water partition coefficient (Wildman–Crippen LogP) is 1.78. The molecule has 6 nitrogen and oxygen atoms in total. The molecule has 18 heavy (non-hydrogen) atoms. The van der Waals surface area contributed by atoms with Gasteiger partial charge in [0.1, 0.15) is 0 Å². The van der Waals surface area contributed by atoms with Crippen molar-refractivity contribution in [2.75, 3.05) is 18.4 Å². The second kappa shape index (κ2) is 6.58. The van der Waals surface area contributed by atoms with Gasteiger partial charge in [0, 0.05) is 36.8 Å². The maximum atomic E-state index is 11.3. The Morgan fingerprint density at radius 3 is 2.39 bits per heavy atom. The highest BCUT2D eigenvalue weighted by Gasteiger charge is 2.05. The third kappa shape index (κ3) is 4.40. The molecule has 0 aliphatic heterocycles. The van der Waals surface area contributed by atoms with E-state index in [0.717, 1.165) is 5.69 Å². The molecule has 0 heterocycles. The Hall–Kier alpha value is -2.11. The van der Waals surface area contributed by atoms with Crippen LogP contribution in [0.1, 0.15) is 13.8 Å². The highest BCUT2D eigenvalue weighted by Crippen LogP contribution is 2.14. The largest absolute Gasteiger partial charge is 0.383 e. The van der Waals surface area contributed by atoms with Crippen molar-refractivity contribution in [2.24, 2.45) is 5.92 Å². The van der Waals surface area contributed by atoms with Crippen LogP contribution >= 0.6 is 0 Å². The molecule has 0 atom stereocenters. The van der Waals surface area contributed by atoms with Gasteiger partial charge in [-0.15, -0.1) is 0 Å². The van der Waals surface area contributed by atoms with Crippen LogP contribution in [0.15, 0.2) is 24.3 Å². The molecule has 0 saturated heterocycles. The minimum absolute atomic E-state index is 0.0144. The number of non-ortho nitro benzene ring substituents is 1. The van der Waals surface area contributed by atoms with Gasteiger partial charge in [0.2, 0.25) is 5.91 Å². The number of rotatable bonds is 6. The van der Waals surface area contributed by atoms with Crippen LogP contribution in [0.4, 0.5) is 11.4 Å². The number of benzene rings is 1. The van der Waals surface area contributed by atoms with Gasteiger partial charge >= 0.3 is 0 Å². The van der Waals surface area contributed by atoms with Crippen molar-refractivity contribution in [2.45, 2.75) is 13.8 Å². The third-order valence-electron chi connectivity index (χ3n) is 2.36. The molecule has 0 fully saturated rings. The molecule has 0 unspecified atom stereocenters. The molecule has 0 radical (unpaired) electrons. The first-order valence-corrected chi connectivity index (χ1v) is 5.76. The summed E-state index contributed by atoms with van der Waals surface area (Å²) in [6.45, 7) is 4.77. The van der Waals surface area contributed by atoms with Crippen molar-refractivity contribution in [1.29, 1.82) is 0 Å². The zero-order valence-corrected chi connectivity index (χ0v) is 10.5. The lowest BCUT2D eigenvalue weighted by Crippen LogP contribution is -2.31. The topological polar surface area (TPSA) is 84.3 Å².